The van der Waals surface area contributed by atoms with Gasteiger partial charge in [0.05, 0.1) is 0 Å². The minimum Gasteiger partial charge on any atom is -0.456 e. The molecule has 0 spiro atoms. The normalized spacial score (nSPS) is 14.7. The van der Waals surface area contributed by atoms with E-state index in [4.69, 9.17) is 18.8 Å². The first-order chi connectivity index (χ1) is 25.8. The highest BCUT2D eigenvalue weighted by Gasteiger charge is 2.25. The van der Waals surface area contributed by atoms with Crippen molar-refractivity contribution in [2.75, 3.05) is 0 Å². The Hall–Kier alpha value is -6.98. The summed E-state index contributed by atoms with van der Waals surface area (Å²) < 4.78 is 12.9. The van der Waals surface area contributed by atoms with Gasteiger partial charge in [-0.1, -0.05) is 133 Å². The molecule has 1 atom stereocenters. The molecule has 244 valence electrons. The molecule has 1 unspecified atom stereocenters. The number of fused-ring (bicyclic) bond motifs is 9. The molecule has 5 nitrogen and oxygen atoms in total. The van der Waals surface area contributed by atoms with Crippen molar-refractivity contribution in [3.63, 3.8) is 0 Å². The molecule has 0 aliphatic carbocycles. The summed E-state index contributed by atoms with van der Waals surface area (Å²) in [5.74, 6) is 1.42. The highest BCUT2D eigenvalue weighted by Crippen LogP contribution is 2.43. The van der Waals surface area contributed by atoms with E-state index in [-0.39, 0.29) is 6.17 Å². The Bertz CT molecular complexity index is 3110. The van der Waals surface area contributed by atoms with Gasteiger partial charge in [-0.05, 0) is 68.6 Å². The number of furan rings is 2. The molecule has 1 aliphatic rings. The van der Waals surface area contributed by atoms with Crippen LogP contribution in [0.15, 0.2) is 183 Å². The van der Waals surface area contributed by atoms with E-state index in [2.05, 4.69) is 127 Å². The van der Waals surface area contributed by atoms with Crippen molar-refractivity contribution < 1.29 is 8.83 Å². The lowest BCUT2D eigenvalue weighted by atomic mass is 9.94. The van der Waals surface area contributed by atoms with Crippen LogP contribution in [0.2, 0.25) is 0 Å². The molecule has 0 amide bonds. The first-order valence-electron chi connectivity index (χ1n) is 17.5. The van der Waals surface area contributed by atoms with Gasteiger partial charge in [0, 0.05) is 32.7 Å². The maximum atomic E-state index is 6.60. The quantitative estimate of drug-likeness (QED) is 0.190. The maximum Gasteiger partial charge on any atom is 0.159 e. The van der Waals surface area contributed by atoms with Gasteiger partial charge in [-0.15, -0.1) is 0 Å². The molecule has 52 heavy (non-hydrogen) atoms. The second-order valence-electron chi connectivity index (χ2n) is 13.3. The third-order valence-electron chi connectivity index (χ3n) is 10.3. The molecule has 5 heteroatoms. The third kappa shape index (κ3) is 4.42. The van der Waals surface area contributed by atoms with Crippen LogP contribution in [-0.2, 0) is 0 Å². The number of aliphatic imine (C=N–C) groups is 2. The van der Waals surface area contributed by atoms with Crippen LogP contribution >= 0.6 is 0 Å². The van der Waals surface area contributed by atoms with Gasteiger partial charge in [0.25, 0.3) is 0 Å². The Labute approximate surface area is 298 Å². The number of nitrogens with one attached hydrogen (secondary N) is 1. The van der Waals surface area contributed by atoms with Crippen molar-refractivity contribution in [2.45, 2.75) is 6.17 Å². The monoisotopic (exact) mass is 667 g/mol. The zero-order valence-electron chi connectivity index (χ0n) is 27.9. The number of hydrogen-bond donors (Lipinski definition) is 1. The van der Waals surface area contributed by atoms with E-state index in [0.29, 0.717) is 5.84 Å². The summed E-state index contributed by atoms with van der Waals surface area (Å²) in [6.45, 7) is 0. The number of benzene rings is 8. The number of hydrogen-bond acceptors (Lipinski definition) is 5. The fourth-order valence-electron chi connectivity index (χ4n) is 7.95. The van der Waals surface area contributed by atoms with Crippen LogP contribution in [0.4, 0.5) is 0 Å². The van der Waals surface area contributed by atoms with E-state index >= 15 is 0 Å². The fourth-order valence-corrected chi connectivity index (χ4v) is 7.95. The molecular formula is C47H29N3O2. The lowest BCUT2D eigenvalue weighted by Gasteiger charge is -2.24. The van der Waals surface area contributed by atoms with Crippen molar-refractivity contribution in [2.24, 2.45) is 9.98 Å². The summed E-state index contributed by atoms with van der Waals surface area (Å²) >= 11 is 0. The minimum atomic E-state index is -0.342. The fraction of sp³-hybridized carbons (Fsp3) is 0.0213. The second-order valence-corrected chi connectivity index (χ2v) is 13.3. The second kappa shape index (κ2) is 11.3. The lowest BCUT2D eigenvalue weighted by molar-refractivity contribution is 0.667. The molecule has 10 aromatic rings. The summed E-state index contributed by atoms with van der Waals surface area (Å²) in [5, 5.41) is 12.7. The predicted molar refractivity (Wildman–Crippen MR) is 213 cm³/mol. The first kappa shape index (κ1) is 28.8. The minimum absolute atomic E-state index is 0.342. The van der Waals surface area contributed by atoms with Crippen LogP contribution in [0, 0.1) is 0 Å². The Kier molecular flexibility index (Phi) is 6.25. The molecule has 11 rings (SSSR count). The number of amidine groups is 2. The van der Waals surface area contributed by atoms with Crippen LogP contribution in [0.3, 0.4) is 0 Å². The summed E-state index contributed by atoms with van der Waals surface area (Å²) in [6, 6.07) is 56.8. The molecule has 0 bridgehead atoms. The Morgan fingerprint density at radius 3 is 1.83 bits per heavy atom. The Morgan fingerprint density at radius 1 is 0.442 bits per heavy atom. The van der Waals surface area contributed by atoms with E-state index < -0.39 is 0 Å². The summed E-state index contributed by atoms with van der Waals surface area (Å²) in [7, 11) is 0. The van der Waals surface area contributed by atoms with Crippen LogP contribution < -0.4 is 5.32 Å². The molecule has 2 aromatic heterocycles. The topological polar surface area (TPSA) is 63.0 Å². The zero-order valence-corrected chi connectivity index (χ0v) is 27.9. The van der Waals surface area contributed by atoms with Gasteiger partial charge in [-0.2, -0.15) is 0 Å². The van der Waals surface area contributed by atoms with Gasteiger partial charge in [-0.25, -0.2) is 9.98 Å². The molecule has 0 radical (unpaired) electrons. The van der Waals surface area contributed by atoms with Crippen molar-refractivity contribution >= 4 is 77.1 Å². The third-order valence-corrected chi connectivity index (χ3v) is 10.3. The van der Waals surface area contributed by atoms with Crippen LogP contribution in [0.5, 0.6) is 0 Å². The largest absolute Gasteiger partial charge is 0.456 e. The SMILES string of the molecule is c1ccc(C2N=C(c3ccc4ccc5ccccc5c4c3)N=C(c3cccc4oc5cccc(-c6cccc7oc8ccccc8c67)c5c34)N2)cc1. The van der Waals surface area contributed by atoms with Gasteiger partial charge < -0.3 is 14.2 Å². The van der Waals surface area contributed by atoms with E-state index in [9.17, 15) is 0 Å². The Morgan fingerprint density at radius 2 is 1.02 bits per heavy atom. The maximum absolute atomic E-state index is 6.60. The molecular weight excluding hydrogens is 639 g/mol. The zero-order chi connectivity index (χ0) is 34.2. The first-order valence-corrected chi connectivity index (χ1v) is 17.5. The molecule has 0 saturated heterocycles. The average Bonchev–Trinajstić information content (AvgIpc) is 3.80. The number of para-hydroxylation sites is 1. The summed E-state index contributed by atoms with van der Waals surface area (Å²) in [4.78, 5) is 10.5. The molecule has 1 aliphatic heterocycles. The van der Waals surface area contributed by atoms with Crippen molar-refractivity contribution in [3.8, 4) is 11.1 Å². The van der Waals surface area contributed by atoms with E-state index in [1.54, 1.807) is 0 Å². The van der Waals surface area contributed by atoms with Gasteiger partial charge >= 0.3 is 0 Å². The highest BCUT2D eigenvalue weighted by molar-refractivity contribution is 6.26. The standard InChI is InChI=1S/C47H29N3O2/c1-2-12-30(13-3-1)45-48-46(31-26-25-29-24-23-28-11-4-5-14-32(28)37(29)27-31)50-47(49-45)36-18-10-22-41-44(36)43-34(17-9-21-40(43)52-41)33-16-8-20-39-42(33)35-15-6-7-19-38(35)51-39/h1-27,45H,(H,48,49,50). The molecule has 0 fully saturated rings. The molecule has 0 saturated carbocycles. The van der Waals surface area contributed by atoms with Gasteiger partial charge in [-0.3, -0.25) is 0 Å². The van der Waals surface area contributed by atoms with E-state index in [1.165, 1.54) is 21.5 Å². The predicted octanol–water partition coefficient (Wildman–Crippen LogP) is 12.0. The number of rotatable bonds is 4. The summed E-state index contributed by atoms with van der Waals surface area (Å²) in [6.07, 6.45) is -0.342. The molecule has 8 aromatic carbocycles. The number of nitrogens with zero attached hydrogens (tertiary/aromatic N) is 2. The van der Waals surface area contributed by atoms with E-state index in [1.807, 2.05) is 42.5 Å². The smallest absolute Gasteiger partial charge is 0.159 e. The van der Waals surface area contributed by atoms with E-state index in [0.717, 1.165) is 77.5 Å². The lowest BCUT2D eigenvalue weighted by Crippen LogP contribution is -2.33. The molecule has 1 N–H and O–H groups in total. The van der Waals surface area contributed by atoms with Gasteiger partial charge in [0.1, 0.15) is 34.3 Å². The van der Waals surface area contributed by atoms with Crippen molar-refractivity contribution in [1.29, 1.82) is 0 Å². The van der Waals surface area contributed by atoms with Crippen LogP contribution in [0.25, 0.3) is 76.5 Å². The average molecular weight is 668 g/mol. The highest BCUT2D eigenvalue weighted by atomic mass is 16.3. The van der Waals surface area contributed by atoms with Gasteiger partial charge in [0.15, 0.2) is 5.84 Å². The summed E-state index contributed by atoms with van der Waals surface area (Å²) in [5.41, 5.74) is 8.49. The Balaban J connectivity index is 1.15. The van der Waals surface area contributed by atoms with Crippen LogP contribution in [-0.4, -0.2) is 11.7 Å². The van der Waals surface area contributed by atoms with Crippen LogP contribution in [0.1, 0.15) is 22.9 Å². The van der Waals surface area contributed by atoms with Crippen molar-refractivity contribution in [3.05, 3.63) is 180 Å². The van der Waals surface area contributed by atoms with Crippen molar-refractivity contribution in [1.82, 2.24) is 5.32 Å². The molecule has 3 heterocycles. The van der Waals surface area contributed by atoms with Gasteiger partial charge in [0.2, 0.25) is 0 Å².